The van der Waals surface area contributed by atoms with Crippen molar-refractivity contribution in [2.75, 3.05) is 6.54 Å². The van der Waals surface area contributed by atoms with Crippen LogP contribution in [0.2, 0.25) is 0 Å². The molecule has 0 saturated heterocycles. The second kappa shape index (κ2) is 7.13. The highest BCUT2D eigenvalue weighted by molar-refractivity contribution is 9.10. The molecule has 0 aliphatic carbocycles. The Balaban J connectivity index is 2.52. The average molecular weight is 358 g/mol. The number of hydrogen-bond acceptors (Lipinski definition) is 2. The van der Waals surface area contributed by atoms with E-state index in [2.05, 4.69) is 26.3 Å². The van der Waals surface area contributed by atoms with Crippen molar-refractivity contribution < 1.29 is 8.78 Å². The van der Waals surface area contributed by atoms with Crippen LogP contribution in [0.15, 0.2) is 28.9 Å². The molecule has 0 radical (unpaired) electrons. The van der Waals surface area contributed by atoms with Gasteiger partial charge in [-0.2, -0.15) is 5.10 Å². The molecule has 0 amide bonds. The van der Waals surface area contributed by atoms with Gasteiger partial charge in [-0.05, 0) is 54.0 Å². The van der Waals surface area contributed by atoms with Crippen molar-refractivity contribution in [3.8, 4) is 0 Å². The second-order valence-electron chi connectivity index (χ2n) is 4.75. The highest BCUT2D eigenvalue weighted by atomic mass is 79.9. The summed E-state index contributed by atoms with van der Waals surface area (Å²) in [6, 6.07) is 3.08. The fourth-order valence-corrected chi connectivity index (χ4v) is 2.81. The Labute approximate surface area is 131 Å². The van der Waals surface area contributed by atoms with E-state index in [9.17, 15) is 8.78 Å². The minimum atomic E-state index is -0.451. The van der Waals surface area contributed by atoms with E-state index in [0.717, 1.165) is 28.7 Å². The van der Waals surface area contributed by atoms with Crippen LogP contribution < -0.4 is 5.32 Å². The first-order valence-corrected chi connectivity index (χ1v) is 7.77. The van der Waals surface area contributed by atoms with Gasteiger partial charge in [0.15, 0.2) is 0 Å². The molecule has 0 aliphatic heterocycles. The van der Waals surface area contributed by atoms with Gasteiger partial charge in [-0.25, -0.2) is 8.78 Å². The van der Waals surface area contributed by atoms with Crippen LogP contribution in [-0.2, 0) is 6.54 Å². The second-order valence-corrected chi connectivity index (χ2v) is 5.60. The molecule has 1 aromatic carbocycles. The number of nitrogens with zero attached hydrogens (tertiary/aromatic N) is 2. The molecule has 1 heterocycles. The number of benzene rings is 1. The first kappa shape index (κ1) is 16.1. The lowest BCUT2D eigenvalue weighted by Crippen LogP contribution is -2.27. The Bertz CT molecular complexity index is 613. The molecule has 6 heteroatoms. The molecule has 0 bridgehead atoms. The molecule has 3 nitrogen and oxygen atoms in total. The lowest BCUT2D eigenvalue weighted by molar-refractivity contribution is 0.498. The molecule has 0 fully saturated rings. The standard InChI is InChI=1S/C15H18BrF2N3/c1-3-7-19-14(11-8-10(17)5-6-13(11)18)15-12(16)9-20-21(15)4-2/h5-6,8-9,14,19H,3-4,7H2,1-2H3. The SMILES string of the molecule is CCCNC(c1cc(F)ccc1F)c1c(Br)cnn1CC. The van der Waals surface area contributed by atoms with Gasteiger partial charge in [0.05, 0.1) is 22.4 Å². The quantitative estimate of drug-likeness (QED) is 0.845. The monoisotopic (exact) mass is 357 g/mol. The Morgan fingerprint density at radius 1 is 1.33 bits per heavy atom. The van der Waals surface area contributed by atoms with E-state index in [1.807, 2.05) is 13.8 Å². The summed E-state index contributed by atoms with van der Waals surface area (Å²) in [6.45, 7) is 5.34. The van der Waals surface area contributed by atoms with Crippen molar-refractivity contribution in [2.45, 2.75) is 32.9 Å². The fraction of sp³-hybridized carbons (Fsp3) is 0.400. The summed E-state index contributed by atoms with van der Waals surface area (Å²) in [5.74, 6) is -0.880. The number of aryl methyl sites for hydroxylation is 1. The van der Waals surface area contributed by atoms with E-state index in [-0.39, 0.29) is 0 Å². The van der Waals surface area contributed by atoms with Crippen molar-refractivity contribution in [2.24, 2.45) is 0 Å². The van der Waals surface area contributed by atoms with E-state index in [4.69, 9.17) is 0 Å². The van der Waals surface area contributed by atoms with Crippen LogP contribution in [-0.4, -0.2) is 16.3 Å². The lowest BCUT2D eigenvalue weighted by Gasteiger charge is -2.21. The molecular formula is C15H18BrF2N3. The van der Waals surface area contributed by atoms with Gasteiger partial charge in [0.25, 0.3) is 0 Å². The minimum absolute atomic E-state index is 0.291. The van der Waals surface area contributed by atoms with Crippen LogP contribution in [0, 0.1) is 11.6 Å². The van der Waals surface area contributed by atoms with Crippen LogP contribution in [0.4, 0.5) is 8.78 Å². The number of hydrogen-bond donors (Lipinski definition) is 1. The molecule has 0 aliphatic rings. The Morgan fingerprint density at radius 2 is 2.10 bits per heavy atom. The van der Waals surface area contributed by atoms with Gasteiger partial charge in [0, 0.05) is 12.1 Å². The van der Waals surface area contributed by atoms with Gasteiger partial charge >= 0.3 is 0 Å². The summed E-state index contributed by atoms with van der Waals surface area (Å²) in [5.41, 5.74) is 1.09. The summed E-state index contributed by atoms with van der Waals surface area (Å²) in [4.78, 5) is 0. The molecule has 21 heavy (non-hydrogen) atoms. The number of nitrogens with one attached hydrogen (secondary N) is 1. The molecule has 114 valence electrons. The molecule has 1 N–H and O–H groups in total. The largest absolute Gasteiger partial charge is 0.305 e. The summed E-state index contributed by atoms with van der Waals surface area (Å²) in [7, 11) is 0. The highest BCUT2D eigenvalue weighted by Crippen LogP contribution is 2.30. The van der Waals surface area contributed by atoms with Crippen LogP contribution in [0.25, 0.3) is 0 Å². The smallest absolute Gasteiger partial charge is 0.128 e. The van der Waals surface area contributed by atoms with Crippen LogP contribution in [0.1, 0.15) is 37.6 Å². The van der Waals surface area contributed by atoms with E-state index in [1.165, 1.54) is 6.07 Å². The zero-order valence-corrected chi connectivity index (χ0v) is 13.6. The van der Waals surface area contributed by atoms with Gasteiger partial charge < -0.3 is 5.32 Å². The number of aromatic nitrogens is 2. The number of halogens is 3. The molecule has 0 spiro atoms. The third kappa shape index (κ3) is 3.49. The van der Waals surface area contributed by atoms with Crippen LogP contribution in [0.5, 0.6) is 0 Å². The summed E-state index contributed by atoms with van der Waals surface area (Å²) in [6.07, 6.45) is 2.57. The van der Waals surface area contributed by atoms with E-state index < -0.39 is 17.7 Å². The first-order chi connectivity index (χ1) is 10.1. The molecule has 1 atom stereocenters. The van der Waals surface area contributed by atoms with Gasteiger partial charge in [-0.15, -0.1) is 0 Å². The van der Waals surface area contributed by atoms with Crippen molar-refractivity contribution >= 4 is 15.9 Å². The van der Waals surface area contributed by atoms with Crippen molar-refractivity contribution in [3.63, 3.8) is 0 Å². The average Bonchev–Trinajstić information content (AvgIpc) is 2.84. The maximum Gasteiger partial charge on any atom is 0.128 e. The van der Waals surface area contributed by atoms with Crippen LogP contribution in [0.3, 0.4) is 0 Å². The Kier molecular flexibility index (Phi) is 5.47. The normalized spacial score (nSPS) is 12.6. The molecular weight excluding hydrogens is 340 g/mol. The highest BCUT2D eigenvalue weighted by Gasteiger charge is 2.24. The van der Waals surface area contributed by atoms with Gasteiger partial charge in [0.1, 0.15) is 11.6 Å². The fourth-order valence-electron chi connectivity index (χ4n) is 2.29. The van der Waals surface area contributed by atoms with E-state index >= 15 is 0 Å². The van der Waals surface area contributed by atoms with Crippen LogP contribution >= 0.6 is 15.9 Å². The third-order valence-corrected chi connectivity index (χ3v) is 3.88. The molecule has 2 aromatic rings. The van der Waals surface area contributed by atoms with Crippen molar-refractivity contribution in [1.29, 1.82) is 0 Å². The topological polar surface area (TPSA) is 29.9 Å². The first-order valence-electron chi connectivity index (χ1n) is 6.98. The summed E-state index contributed by atoms with van der Waals surface area (Å²) >= 11 is 3.45. The number of rotatable bonds is 6. The van der Waals surface area contributed by atoms with Crippen molar-refractivity contribution in [3.05, 3.63) is 51.8 Å². The Hall–Kier alpha value is -1.27. The molecule has 1 unspecified atom stereocenters. The predicted molar refractivity (Wildman–Crippen MR) is 82.1 cm³/mol. The maximum absolute atomic E-state index is 14.2. The van der Waals surface area contributed by atoms with Gasteiger partial charge in [-0.1, -0.05) is 6.92 Å². The zero-order chi connectivity index (χ0) is 15.4. The van der Waals surface area contributed by atoms with Gasteiger partial charge in [0.2, 0.25) is 0 Å². The third-order valence-electron chi connectivity index (χ3n) is 3.27. The van der Waals surface area contributed by atoms with E-state index in [0.29, 0.717) is 18.7 Å². The maximum atomic E-state index is 14.2. The van der Waals surface area contributed by atoms with E-state index in [1.54, 1.807) is 10.9 Å². The molecule has 2 rings (SSSR count). The Morgan fingerprint density at radius 3 is 2.76 bits per heavy atom. The summed E-state index contributed by atoms with van der Waals surface area (Å²) < 4.78 is 30.2. The minimum Gasteiger partial charge on any atom is -0.305 e. The zero-order valence-electron chi connectivity index (χ0n) is 12.0. The van der Waals surface area contributed by atoms with Gasteiger partial charge in [-0.3, -0.25) is 4.68 Å². The molecule has 1 aromatic heterocycles. The predicted octanol–water partition coefficient (Wildman–Crippen LogP) is 4.03. The van der Waals surface area contributed by atoms with Crippen molar-refractivity contribution in [1.82, 2.24) is 15.1 Å². The molecule has 0 saturated carbocycles. The summed E-state index contributed by atoms with van der Waals surface area (Å²) in [5, 5.41) is 7.53. The lowest BCUT2D eigenvalue weighted by atomic mass is 10.0.